The Hall–Kier alpha value is -2.28. The van der Waals surface area contributed by atoms with Crippen LogP contribution < -0.4 is 5.32 Å². The Kier molecular flexibility index (Phi) is 5.09. The molecular weight excluding hydrogens is 380 g/mol. The zero-order valence-corrected chi connectivity index (χ0v) is 17.9. The quantitative estimate of drug-likeness (QED) is 0.820. The molecule has 0 spiro atoms. The molecule has 0 aromatic carbocycles. The van der Waals surface area contributed by atoms with Gasteiger partial charge in [-0.05, 0) is 45.7 Å². The molecule has 1 N–H and O–H groups in total. The summed E-state index contributed by atoms with van der Waals surface area (Å²) in [5.41, 5.74) is 1.29. The SMILES string of the molecule is C[C@]1(C(=O)NC2CCCCC2)Cn2c(cc3occc32)C(=O)N1CCN1CCCC1. The molecule has 162 valence electrons. The summed E-state index contributed by atoms with van der Waals surface area (Å²) in [7, 11) is 0. The van der Waals surface area contributed by atoms with Crippen molar-refractivity contribution in [2.75, 3.05) is 26.2 Å². The second-order valence-corrected chi connectivity index (χ2v) is 9.37. The van der Waals surface area contributed by atoms with Gasteiger partial charge >= 0.3 is 0 Å². The highest BCUT2D eigenvalue weighted by Gasteiger charge is 2.48. The number of amides is 2. The number of hydrogen-bond donors (Lipinski definition) is 1. The van der Waals surface area contributed by atoms with Crippen LogP contribution in [0, 0.1) is 0 Å². The molecule has 1 aliphatic carbocycles. The summed E-state index contributed by atoms with van der Waals surface area (Å²) < 4.78 is 7.51. The predicted molar refractivity (Wildman–Crippen MR) is 114 cm³/mol. The summed E-state index contributed by atoms with van der Waals surface area (Å²) in [4.78, 5) is 31.4. The van der Waals surface area contributed by atoms with E-state index in [-0.39, 0.29) is 17.9 Å². The normalized spacial score (nSPS) is 25.8. The van der Waals surface area contributed by atoms with Crippen molar-refractivity contribution >= 4 is 22.9 Å². The van der Waals surface area contributed by atoms with Crippen molar-refractivity contribution in [1.82, 2.24) is 19.7 Å². The van der Waals surface area contributed by atoms with E-state index in [4.69, 9.17) is 4.42 Å². The van der Waals surface area contributed by atoms with Gasteiger partial charge in [0.25, 0.3) is 5.91 Å². The average Bonchev–Trinajstić information content (AvgIpc) is 3.47. The van der Waals surface area contributed by atoms with Crippen molar-refractivity contribution in [3.8, 4) is 0 Å². The van der Waals surface area contributed by atoms with Crippen LogP contribution in [-0.2, 0) is 11.3 Å². The Balaban J connectivity index is 1.44. The van der Waals surface area contributed by atoms with Gasteiger partial charge in [0.2, 0.25) is 5.91 Å². The number of fused-ring (bicyclic) bond motifs is 3. The van der Waals surface area contributed by atoms with Gasteiger partial charge in [-0.2, -0.15) is 0 Å². The molecule has 2 aromatic rings. The van der Waals surface area contributed by atoms with E-state index >= 15 is 0 Å². The molecule has 7 nitrogen and oxygen atoms in total. The monoisotopic (exact) mass is 412 g/mol. The molecule has 4 heterocycles. The first-order chi connectivity index (χ1) is 14.6. The molecule has 5 rings (SSSR count). The van der Waals surface area contributed by atoms with Gasteiger partial charge in [0.05, 0.1) is 18.3 Å². The Bertz CT molecular complexity index is 936. The molecule has 2 aliphatic heterocycles. The van der Waals surface area contributed by atoms with Gasteiger partial charge in [-0.1, -0.05) is 19.3 Å². The van der Waals surface area contributed by atoms with Crippen LogP contribution in [0.25, 0.3) is 11.1 Å². The van der Waals surface area contributed by atoms with Crippen LogP contribution in [0.4, 0.5) is 0 Å². The van der Waals surface area contributed by atoms with E-state index in [9.17, 15) is 9.59 Å². The highest BCUT2D eigenvalue weighted by atomic mass is 16.3. The fourth-order valence-corrected chi connectivity index (χ4v) is 5.46. The summed E-state index contributed by atoms with van der Waals surface area (Å²) in [6.45, 7) is 5.93. The number of likely N-dealkylation sites (tertiary alicyclic amines) is 1. The summed E-state index contributed by atoms with van der Waals surface area (Å²) in [5.74, 6) is -0.103. The van der Waals surface area contributed by atoms with Crippen LogP contribution >= 0.6 is 0 Å². The molecule has 0 radical (unpaired) electrons. The van der Waals surface area contributed by atoms with Gasteiger partial charge in [-0.25, -0.2) is 0 Å². The number of furan rings is 1. The maximum Gasteiger partial charge on any atom is 0.271 e. The van der Waals surface area contributed by atoms with Crippen molar-refractivity contribution < 1.29 is 14.0 Å². The number of rotatable bonds is 5. The Morgan fingerprint density at radius 1 is 1.17 bits per heavy atom. The summed E-state index contributed by atoms with van der Waals surface area (Å²) in [6, 6.07) is 3.92. The van der Waals surface area contributed by atoms with Gasteiger partial charge in [0, 0.05) is 31.3 Å². The average molecular weight is 413 g/mol. The van der Waals surface area contributed by atoms with Gasteiger partial charge in [0.15, 0.2) is 5.58 Å². The third-order valence-electron chi connectivity index (χ3n) is 7.32. The zero-order chi connectivity index (χ0) is 20.7. The number of hydrogen-bond acceptors (Lipinski definition) is 4. The Morgan fingerprint density at radius 3 is 2.70 bits per heavy atom. The predicted octanol–water partition coefficient (Wildman–Crippen LogP) is 2.99. The van der Waals surface area contributed by atoms with E-state index in [1.54, 1.807) is 6.26 Å². The Labute approximate surface area is 177 Å². The van der Waals surface area contributed by atoms with E-state index < -0.39 is 5.54 Å². The second-order valence-electron chi connectivity index (χ2n) is 9.37. The van der Waals surface area contributed by atoms with Crippen molar-refractivity contribution in [3.63, 3.8) is 0 Å². The van der Waals surface area contributed by atoms with Crippen LogP contribution in [0.5, 0.6) is 0 Å². The van der Waals surface area contributed by atoms with Crippen LogP contribution in [0.2, 0.25) is 0 Å². The highest BCUT2D eigenvalue weighted by molar-refractivity contribution is 6.02. The minimum absolute atomic E-state index is 0.0276. The molecule has 0 bridgehead atoms. The highest BCUT2D eigenvalue weighted by Crippen LogP contribution is 2.33. The molecule has 2 fully saturated rings. The van der Waals surface area contributed by atoms with Crippen molar-refractivity contribution in [1.29, 1.82) is 0 Å². The van der Waals surface area contributed by atoms with Crippen LogP contribution in [0.1, 0.15) is 62.4 Å². The lowest BCUT2D eigenvalue weighted by Crippen LogP contribution is -2.65. The minimum atomic E-state index is -0.912. The standard InChI is InChI=1S/C23H32N4O3/c1-23(22(29)24-17-7-3-2-4-8-17)16-26-18-9-14-30-20(18)15-19(26)21(28)27(23)13-12-25-10-5-6-11-25/h9,14-15,17H,2-8,10-13,16H2,1H3,(H,24,29)/t23-/m1/s1. The van der Waals surface area contributed by atoms with Crippen LogP contribution in [-0.4, -0.2) is 63.9 Å². The zero-order valence-electron chi connectivity index (χ0n) is 17.9. The first kappa shape index (κ1) is 19.7. The molecule has 30 heavy (non-hydrogen) atoms. The fourth-order valence-electron chi connectivity index (χ4n) is 5.46. The second kappa shape index (κ2) is 7.76. The van der Waals surface area contributed by atoms with Crippen molar-refractivity contribution in [2.24, 2.45) is 0 Å². The third-order valence-corrected chi connectivity index (χ3v) is 7.32. The molecule has 1 saturated heterocycles. The van der Waals surface area contributed by atoms with E-state index in [2.05, 4.69) is 10.2 Å². The van der Waals surface area contributed by atoms with Gasteiger partial charge in [0.1, 0.15) is 11.2 Å². The van der Waals surface area contributed by atoms with E-state index in [0.29, 0.717) is 24.4 Å². The van der Waals surface area contributed by atoms with Gasteiger partial charge < -0.3 is 24.1 Å². The number of carbonyl (C=O) groups excluding carboxylic acids is 2. The molecule has 7 heteroatoms. The molecule has 0 unspecified atom stereocenters. The van der Waals surface area contributed by atoms with E-state index in [0.717, 1.165) is 50.8 Å². The molecule has 1 saturated carbocycles. The number of carbonyl (C=O) groups is 2. The summed E-state index contributed by atoms with van der Waals surface area (Å²) >= 11 is 0. The number of nitrogens with one attached hydrogen (secondary N) is 1. The minimum Gasteiger partial charge on any atom is -0.463 e. The maximum atomic E-state index is 13.6. The lowest BCUT2D eigenvalue weighted by molar-refractivity contribution is -0.133. The first-order valence-corrected chi connectivity index (χ1v) is 11.5. The van der Waals surface area contributed by atoms with Crippen molar-refractivity contribution in [2.45, 2.75) is 70.0 Å². The number of nitrogens with zero attached hydrogens (tertiary/aromatic N) is 3. The lowest BCUT2D eigenvalue weighted by Gasteiger charge is -2.45. The maximum absolute atomic E-state index is 13.6. The van der Waals surface area contributed by atoms with Crippen molar-refractivity contribution in [3.05, 3.63) is 24.1 Å². The Morgan fingerprint density at radius 2 is 1.93 bits per heavy atom. The van der Waals surface area contributed by atoms with Crippen LogP contribution in [0.15, 0.2) is 22.8 Å². The van der Waals surface area contributed by atoms with Gasteiger partial charge in [-0.15, -0.1) is 0 Å². The summed E-state index contributed by atoms with van der Waals surface area (Å²) in [5, 5.41) is 3.29. The molecule has 2 aromatic heterocycles. The number of aromatic nitrogens is 1. The first-order valence-electron chi connectivity index (χ1n) is 11.5. The smallest absolute Gasteiger partial charge is 0.271 e. The molecular formula is C23H32N4O3. The van der Waals surface area contributed by atoms with Gasteiger partial charge in [-0.3, -0.25) is 9.59 Å². The molecule has 1 atom stereocenters. The lowest BCUT2D eigenvalue weighted by atomic mass is 9.91. The largest absolute Gasteiger partial charge is 0.463 e. The molecule has 3 aliphatic rings. The summed E-state index contributed by atoms with van der Waals surface area (Å²) in [6.07, 6.45) is 9.71. The van der Waals surface area contributed by atoms with E-state index in [1.165, 1.54) is 19.3 Å². The molecule has 2 amide bonds. The van der Waals surface area contributed by atoms with Crippen LogP contribution in [0.3, 0.4) is 0 Å². The fraction of sp³-hybridized carbons (Fsp3) is 0.652. The topological polar surface area (TPSA) is 70.7 Å². The third kappa shape index (κ3) is 3.33. The van der Waals surface area contributed by atoms with E-state index in [1.807, 2.05) is 28.5 Å².